The van der Waals surface area contributed by atoms with Crippen LogP contribution in [0.4, 0.5) is 5.69 Å². The zero-order valence-corrected chi connectivity index (χ0v) is 11.0. The third kappa shape index (κ3) is 3.20. The molecule has 2 rings (SSSR count). The summed E-state index contributed by atoms with van der Waals surface area (Å²) < 4.78 is 1.04. The van der Waals surface area contributed by atoms with Crippen LogP contribution in [0, 0.1) is 6.92 Å². The topological polar surface area (TPSA) is 44.9 Å². The molecule has 2 aromatic rings. The summed E-state index contributed by atoms with van der Waals surface area (Å²) in [7, 11) is 0. The van der Waals surface area contributed by atoms with Crippen LogP contribution in [0.1, 0.15) is 11.1 Å². The molecule has 0 aliphatic carbocycles. The van der Waals surface area contributed by atoms with Crippen molar-refractivity contribution in [2.45, 2.75) is 13.3 Å². The minimum absolute atomic E-state index is 0.00803. The first-order valence-corrected chi connectivity index (χ1v) is 6.12. The molecular weight excluding hydrogens is 280 g/mol. The van der Waals surface area contributed by atoms with E-state index >= 15 is 0 Å². The molecule has 4 heteroatoms. The lowest BCUT2D eigenvalue weighted by Crippen LogP contribution is -2.14. The summed E-state index contributed by atoms with van der Waals surface area (Å²) in [5.74, 6) is -0.00803. The van der Waals surface area contributed by atoms with Gasteiger partial charge in [-0.3, -0.25) is 4.79 Å². The number of nitrogens with one attached hydrogen (secondary N) is 2. The number of rotatable bonds is 3. The molecule has 0 aliphatic heterocycles. The van der Waals surface area contributed by atoms with E-state index in [9.17, 15) is 4.79 Å². The Morgan fingerprint density at radius 1 is 1.41 bits per heavy atom. The lowest BCUT2D eigenvalue weighted by Gasteiger charge is -2.06. The monoisotopic (exact) mass is 292 g/mol. The lowest BCUT2D eigenvalue weighted by atomic mass is 10.2. The van der Waals surface area contributed by atoms with Gasteiger partial charge in [0.15, 0.2) is 0 Å². The molecule has 17 heavy (non-hydrogen) atoms. The highest BCUT2D eigenvalue weighted by Gasteiger charge is 2.05. The Hall–Kier alpha value is -1.55. The number of aryl methyl sites for hydroxylation is 1. The third-order valence-corrected chi connectivity index (χ3v) is 3.36. The largest absolute Gasteiger partial charge is 0.367 e. The molecule has 1 aromatic heterocycles. The van der Waals surface area contributed by atoms with E-state index in [2.05, 4.69) is 26.2 Å². The Bertz CT molecular complexity index is 520. The zero-order valence-electron chi connectivity index (χ0n) is 9.46. The minimum atomic E-state index is -0.00803. The van der Waals surface area contributed by atoms with Crippen molar-refractivity contribution in [3.05, 3.63) is 52.3 Å². The number of halogens is 1. The fourth-order valence-electron chi connectivity index (χ4n) is 1.58. The highest BCUT2D eigenvalue weighted by atomic mass is 79.9. The minimum Gasteiger partial charge on any atom is -0.367 e. The normalized spacial score (nSPS) is 10.2. The molecule has 0 unspecified atom stereocenters. The van der Waals surface area contributed by atoms with Gasteiger partial charge in [0, 0.05) is 22.6 Å². The molecule has 0 radical (unpaired) electrons. The lowest BCUT2D eigenvalue weighted by molar-refractivity contribution is -0.115. The number of amides is 1. The molecule has 0 aliphatic rings. The number of hydrogen-bond acceptors (Lipinski definition) is 1. The Labute approximate surface area is 108 Å². The Balaban J connectivity index is 2.00. The van der Waals surface area contributed by atoms with Crippen molar-refractivity contribution in [2.75, 3.05) is 5.32 Å². The predicted octanol–water partition coefficient (Wildman–Crippen LogP) is 3.27. The van der Waals surface area contributed by atoms with Crippen molar-refractivity contribution in [2.24, 2.45) is 0 Å². The van der Waals surface area contributed by atoms with Gasteiger partial charge in [0.25, 0.3) is 0 Å². The predicted molar refractivity (Wildman–Crippen MR) is 72.0 cm³/mol. The van der Waals surface area contributed by atoms with Gasteiger partial charge in [-0.25, -0.2) is 0 Å². The van der Waals surface area contributed by atoms with Gasteiger partial charge in [-0.2, -0.15) is 0 Å². The number of benzene rings is 1. The fraction of sp³-hybridized carbons (Fsp3) is 0.154. The quantitative estimate of drug-likeness (QED) is 0.896. The van der Waals surface area contributed by atoms with Crippen LogP contribution in [0.15, 0.2) is 41.1 Å². The Morgan fingerprint density at radius 3 is 2.88 bits per heavy atom. The second-order valence-electron chi connectivity index (χ2n) is 3.91. The summed E-state index contributed by atoms with van der Waals surface area (Å²) in [6.07, 6.45) is 4.03. The van der Waals surface area contributed by atoms with Crippen LogP contribution in [-0.2, 0) is 11.2 Å². The van der Waals surface area contributed by atoms with Crippen molar-refractivity contribution in [3.8, 4) is 0 Å². The summed E-state index contributed by atoms with van der Waals surface area (Å²) in [6.45, 7) is 1.99. The Kier molecular flexibility index (Phi) is 3.64. The van der Waals surface area contributed by atoms with E-state index in [1.165, 1.54) is 0 Å². The maximum absolute atomic E-state index is 11.7. The average molecular weight is 293 g/mol. The second-order valence-corrected chi connectivity index (χ2v) is 4.76. The van der Waals surface area contributed by atoms with Crippen LogP contribution in [0.25, 0.3) is 0 Å². The highest BCUT2D eigenvalue weighted by molar-refractivity contribution is 9.10. The molecule has 0 saturated heterocycles. The van der Waals surface area contributed by atoms with Crippen LogP contribution >= 0.6 is 15.9 Å². The molecule has 0 spiro atoms. The number of hydrogen-bond donors (Lipinski definition) is 2. The van der Waals surface area contributed by atoms with Gasteiger partial charge in [0.2, 0.25) is 5.91 Å². The molecule has 1 aromatic carbocycles. The highest BCUT2D eigenvalue weighted by Crippen LogP contribution is 2.20. The number of aromatic nitrogens is 1. The molecule has 3 nitrogen and oxygen atoms in total. The number of H-pyrrole nitrogens is 1. The van der Waals surface area contributed by atoms with Gasteiger partial charge < -0.3 is 10.3 Å². The van der Waals surface area contributed by atoms with E-state index in [-0.39, 0.29) is 5.91 Å². The molecule has 1 amide bonds. The smallest absolute Gasteiger partial charge is 0.228 e. The zero-order chi connectivity index (χ0) is 12.3. The Morgan fingerprint density at radius 2 is 2.24 bits per heavy atom. The van der Waals surface area contributed by atoms with Crippen LogP contribution in [-0.4, -0.2) is 10.9 Å². The standard InChI is InChI=1S/C13H13BrN2O/c1-9-6-11(2-3-12(9)14)16-13(17)7-10-4-5-15-8-10/h2-6,8,15H,7H2,1H3,(H,16,17). The molecule has 88 valence electrons. The number of carbonyl (C=O) groups excluding carboxylic acids is 1. The van der Waals surface area contributed by atoms with Crippen LogP contribution in [0.2, 0.25) is 0 Å². The first-order chi connectivity index (χ1) is 8.15. The molecule has 0 saturated carbocycles. The van der Waals surface area contributed by atoms with E-state index in [0.717, 1.165) is 21.3 Å². The summed E-state index contributed by atoms with van der Waals surface area (Å²) in [5, 5.41) is 2.87. The number of anilines is 1. The van der Waals surface area contributed by atoms with Crippen LogP contribution in [0.5, 0.6) is 0 Å². The molecule has 0 atom stereocenters. The van der Waals surface area contributed by atoms with Gasteiger partial charge in [0.1, 0.15) is 0 Å². The van der Waals surface area contributed by atoms with Gasteiger partial charge in [0.05, 0.1) is 6.42 Å². The summed E-state index contributed by atoms with van der Waals surface area (Å²) in [5.41, 5.74) is 2.91. The maximum atomic E-state index is 11.7. The van der Waals surface area contributed by atoms with E-state index in [0.29, 0.717) is 6.42 Å². The van der Waals surface area contributed by atoms with Gasteiger partial charge >= 0.3 is 0 Å². The van der Waals surface area contributed by atoms with E-state index < -0.39 is 0 Å². The first kappa shape index (κ1) is 11.9. The SMILES string of the molecule is Cc1cc(NC(=O)Cc2cc[nH]c2)ccc1Br. The van der Waals surface area contributed by atoms with E-state index in [1.807, 2.05) is 43.6 Å². The number of aromatic amines is 1. The van der Waals surface area contributed by atoms with Crippen molar-refractivity contribution >= 4 is 27.5 Å². The molecule has 1 heterocycles. The summed E-state index contributed by atoms with van der Waals surface area (Å²) >= 11 is 3.43. The second kappa shape index (κ2) is 5.19. The van der Waals surface area contributed by atoms with Gasteiger partial charge in [-0.15, -0.1) is 0 Å². The van der Waals surface area contributed by atoms with Crippen molar-refractivity contribution in [1.29, 1.82) is 0 Å². The molecule has 0 bridgehead atoms. The van der Waals surface area contributed by atoms with Crippen LogP contribution < -0.4 is 5.32 Å². The van der Waals surface area contributed by atoms with Crippen molar-refractivity contribution in [3.63, 3.8) is 0 Å². The maximum Gasteiger partial charge on any atom is 0.228 e. The summed E-state index contributed by atoms with van der Waals surface area (Å²) in [4.78, 5) is 14.7. The van der Waals surface area contributed by atoms with E-state index in [1.54, 1.807) is 0 Å². The van der Waals surface area contributed by atoms with Gasteiger partial charge in [-0.05, 0) is 42.3 Å². The molecular formula is C13H13BrN2O. The number of carbonyl (C=O) groups is 1. The van der Waals surface area contributed by atoms with Crippen molar-refractivity contribution < 1.29 is 4.79 Å². The van der Waals surface area contributed by atoms with E-state index in [4.69, 9.17) is 0 Å². The van der Waals surface area contributed by atoms with Gasteiger partial charge in [-0.1, -0.05) is 15.9 Å². The average Bonchev–Trinajstić information content (AvgIpc) is 2.76. The summed E-state index contributed by atoms with van der Waals surface area (Å²) in [6, 6.07) is 7.65. The molecule has 2 N–H and O–H groups in total. The molecule has 0 fully saturated rings. The fourth-order valence-corrected chi connectivity index (χ4v) is 1.83. The van der Waals surface area contributed by atoms with Crippen LogP contribution in [0.3, 0.4) is 0 Å². The first-order valence-electron chi connectivity index (χ1n) is 5.33. The van der Waals surface area contributed by atoms with Crippen molar-refractivity contribution in [1.82, 2.24) is 4.98 Å². The third-order valence-electron chi connectivity index (χ3n) is 2.47.